The van der Waals surface area contributed by atoms with Crippen molar-refractivity contribution in [2.24, 2.45) is 0 Å². The van der Waals surface area contributed by atoms with Crippen molar-refractivity contribution in [2.45, 2.75) is 13.0 Å². The number of rotatable bonds is 3. The Labute approximate surface area is 137 Å². The van der Waals surface area contributed by atoms with Crippen LogP contribution in [0.25, 0.3) is 0 Å². The minimum absolute atomic E-state index is 0.241. The van der Waals surface area contributed by atoms with E-state index in [0.717, 1.165) is 12.0 Å². The van der Waals surface area contributed by atoms with Crippen LogP contribution >= 0.6 is 23.2 Å². The highest BCUT2D eigenvalue weighted by Crippen LogP contribution is 2.37. The van der Waals surface area contributed by atoms with E-state index in [0.29, 0.717) is 47.0 Å². The highest BCUT2D eigenvalue weighted by Gasteiger charge is 2.16. The number of aromatic nitrogens is 1. The molecule has 0 saturated carbocycles. The minimum atomic E-state index is -0.241. The summed E-state index contributed by atoms with van der Waals surface area (Å²) in [5.74, 6) is 0.928. The Hall–Kier alpha value is -1.85. The molecule has 2 heterocycles. The van der Waals surface area contributed by atoms with Crippen LogP contribution in [0.1, 0.15) is 22.5 Å². The Kier molecular flexibility index (Phi) is 4.45. The van der Waals surface area contributed by atoms with Gasteiger partial charge < -0.3 is 19.8 Å². The van der Waals surface area contributed by atoms with Crippen molar-refractivity contribution in [1.82, 2.24) is 10.3 Å². The summed E-state index contributed by atoms with van der Waals surface area (Å²) in [6.07, 6.45) is 2.37. The second-order valence-corrected chi connectivity index (χ2v) is 5.71. The molecule has 0 unspecified atom stereocenters. The Morgan fingerprint density at radius 3 is 2.82 bits per heavy atom. The van der Waals surface area contributed by atoms with Gasteiger partial charge in [-0.05, 0) is 23.8 Å². The largest absolute Gasteiger partial charge is 0.489 e. The number of carbonyl (C=O) groups is 1. The molecule has 5 nitrogen and oxygen atoms in total. The molecule has 7 heteroatoms. The topological polar surface area (TPSA) is 63.4 Å². The summed E-state index contributed by atoms with van der Waals surface area (Å²) in [6.45, 7) is 1.49. The molecular formula is C15H14Cl2N2O3. The number of fused-ring (bicyclic) bond motifs is 1. The van der Waals surface area contributed by atoms with E-state index in [4.69, 9.17) is 32.7 Å². The fourth-order valence-electron chi connectivity index (χ4n) is 2.16. The Bertz CT molecular complexity index is 700. The molecule has 0 fully saturated rings. The molecule has 1 aromatic carbocycles. The van der Waals surface area contributed by atoms with Gasteiger partial charge in [-0.15, -0.1) is 0 Å². The van der Waals surface area contributed by atoms with Gasteiger partial charge in [-0.1, -0.05) is 23.2 Å². The average Bonchev–Trinajstić information content (AvgIpc) is 2.79. The van der Waals surface area contributed by atoms with Gasteiger partial charge in [0, 0.05) is 19.2 Å². The fraction of sp³-hybridized carbons (Fsp3) is 0.267. The standard InChI is InChI=1S/C15H14Cl2N2O3/c16-10-6-12(18-8-10)15(20)19-7-9-4-11(17)14-13(5-9)21-2-1-3-22-14/h4-6,8,18H,1-3,7H2,(H,19,20). The second kappa shape index (κ2) is 6.50. The number of ether oxygens (including phenoxy) is 2. The van der Waals surface area contributed by atoms with Crippen LogP contribution in [-0.4, -0.2) is 24.1 Å². The van der Waals surface area contributed by atoms with Gasteiger partial charge in [-0.25, -0.2) is 0 Å². The smallest absolute Gasteiger partial charge is 0.268 e. The molecule has 0 radical (unpaired) electrons. The van der Waals surface area contributed by atoms with Gasteiger partial charge in [-0.2, -0.15) is 0 Å². The van der Waals surface area contributed by atoms with Gasteiger partial charge in [-0.3, -0.25) is 4.79 Å². The third-order valence-corrected chi connectivity index (χ3v) is 3.71. The van der Waals surface area contributed by atoms with E-state index in [1.165, 1.54) is 0 Å². The number of amides is 1. The van der Waals surface area contributed by atoms with E-state index in [2.05, 4.69) is 10.3 Å². The van der Waals surface area contributed by atoms with Crippen molar-refractivity contribution in [3.8, 4) is 11.5 Å². The maximum absolute atomic E-state index is 12.0. The lowest BCUT2D eigenvalue weighted by Crippen LogP contribution is -2.23. The van der Waals surface area contributed by atoms with Crippen molar-refractivity contribution < 1.29 is 14.3 Å². The highest BCUT2D eigenvalue weighted by atomic mass is 35.5. The summed E-state index contributed by atoms with van der Waals surface area (Å²) in [4.78, 5) is 14.8. The monoisotopic (exact) mass is 340 g/mol. The molecule has 3 rings (SSSR count). The van der Waals surface area contributed by atoms with Gasteiger partial charge in [0.25, 0.3) is 5.91 Å². The zero-order valence-electron chi connectivity index (χ0n) is 11.6. The van der Waals surface area contributed by atoms with Gasteiger partial charge in [0.1, 0.15) is 5.69 Å². The van der Waals surface area contributed by atoms with Gasteiger partial charge in [0.2, 0.25) is 0 Å². The van der Waals surface area contributed by atoms with Gasteiger partial charge in [0.15, 0.2) is 11.5 Å². The quantitative estimate of drug-likeness (QED) is 0.899. The lowest BCUT2D eigenvalue weighted by Gasteiger charge is -2.12. The molecule has 22 heavy (non-hydrogen) atoms. The highest BCUT2D eigenvalue weighted by molar-refractivity contribution is 6.32. The molecule has 116 valence electrons. The van der Waals surface area contributed by atoms with Crippen LogP contribution in [0, 0.1) is 0 Å². The predicted octanol–water partition coefficient (Wildman–Crippen LogP) is 3.41. The Morgan fingerprint density at radius 2 is 2.05 bits per heavy atom. The van der Waals surface area contributed by atoms with Crippen LogP contribution in [0.5, 0.6) is 11.5 Å². The summed E-state index contributed by atoms with van der Waals surface area (Å²) in [5.41, 5.74) is 1.24. The van der Waals surface area contributed by atoms with E-state index in [9.17, 15) is 4.79 Å². The molecule has 1 aliphatic heterocycles. The SMILES string of the molecule is O=C(NCc1cc(Cl)c2c(c1)OCCCO2)c1cc(Cl)c[nH]1. The van der Waals surface area contributed by atoms with Crippen LogP contribution in [0.4, 0.5) is 0 Å². The first-order valence-electron chi connectivity index (χ1n) is 6.83. The molecule has 2 N–H and O–H groups in total. The van der Waals surface area contributed by atoms with E-state index >= 15 is 0 Å². The molecule has 0 atom stereocenters. The summed E-state index contributed by atoms with van der Waals surface area (Å²) in [7, 11) is 0. The number of carbonyl (C=O) groups excluding carboxylic acids is 1. The number of hydrogen-bond donors (Lipinski definition) is 2. The predicted molar refractivity (Wildman–Crippen MR) is 84.0 cm³/mol. The normalized spacial score (nSPS) is 13.5. The number of aromatic amines is 1. The van der Waals surface area contributed by atoms with Crippen molar-refractivity contribution in [2.75, 3.05) is 13.2 Å². The van der Waals surface area contributed by atoms with Gasteiger partial charge >= 0.3 is 0 Å². The lowest BCUT2D eigenvalue weighted by atomic mass is 10.2. The third kappa shape index (κ3) is 3.31. The second-order valence-electron chi connectivity index (χ2n) is 4.87. The molecule has 0 spiro atoms. The van der Waals surface area contributed by atoms with Gasteiger partial charge in [0.05, 0.1) is 23.3 Å². The fourth-order valence-corrected chi connectivity index (χ4v) is 2.61. The lowest BCUT2D eigenvalue weighted by molar-refractivity contribution is 0.0946. The van der Waals surface area contributed by atoms with Crippen LogP contribution in [0.3, 0.4) is 0 Å². The van der Waals surface area contributed by atoms with Crippen LogP contribution in [-0.2, 0) is 6.54 Å². The average molecular weight is 341 g/mol. The van der Waals surface area contributed by atoms with E-state index in [1.807, 2.05) is 6.07 Å². The minimum Gasteiger partial charge on any atom is -0.489 e. The van der Waals surface area contributed by atoms with E-state index in [-0.39, 0.29) is 5.91 Å². The molecule has 1 aliphatic rings. The first kappa shape index (κ1) is 15.1. The summed E-state index contributed by atoms with van der Waals surface area (Å²) in [6, 6.07) is 5.16. The molecular weight excluding hydrogens is 327 g/mol. The number of benzene rings is 1. The van der Waals surface area contributed by atoms with Crippen molar-refractivity contribution in [3.05, 3.63) is 45.7 Å². The molecule has 0 saturated heterocycles. The van der Waals surface area contributed by atoms with Crippen LogP contribution in [0.2, 0.25) is 10.0 Å². The summed E-state index contributed by atoms with van der Waals surface area (Å²) in [5, 5.41) is 3.76. The first-order valence-corrected chi connectivity index (χ1v) is 7.59. The van der Waals surface area contributed by atoms with Crippen molar-refractivity contribution in [3.63, 3.8) is 0 Å². The number of hydrogen-bond acceptors (Lipinski definition) is 3. The summed E-state index contributed by atoms with van der Waals surface area (Å²) >= 11 is 12.0. The van der Waals surface area contributed by atoms with Crippen molar-refractivity contribution >= 4 is 29.1 Å². The molecule has 2 aromatic rings. The van der Waals surface area contributed by atoms with Crippen molar-refractivity contribution in [1.29, 1.82) is 0 Å². The first-order chi connectivity index (χ1) is 10.6. The maximum Gasteiger partial charge on any atom is 0.268 e. The zero-order valence-corrected chi connectivity index (χ0v) is 13.1. The molecule has 1 amide bonds. The zero-order chi connectivity index (χ0) is 15.5. The number of H-pyrrole nitrogens is 1. The molecule has 0 aliphatic carbocycles. The number of nitrogens with one attached hydrogen (secondary N) is 2. The van der Waals surface area contributed by atoms with E-state index in [1.54, 1.807) is 18.3 Å². The summed E-state index contributed by atoms with van der Waals surface area (Å²) < 4.78 is 11.2. The Morgan fingerprint density at radius 1 is 1.23 bits per heavy atom. The number of halogens is 2. The molecule has 0 bridgehead atoms. The maximum atomic E-state index is 12.0. The molecule has 1 aromatic heterocycles. The Balaban J connectivity index is 1.71. The van der Waals surface area contributed by atoms with Crippen LogP contribution < -0.4 is 14.8 Å². The third-order valence-electron chi connectivity index (χ3n) is 3.21. The van der Waals surface area contributed by atoms with E-state index < -0.39 is 0 Å². The van der Waals surface area contributed by atoms with Crippen LogP contribution in [0.15, 0.2) is 24.4 Å².